The van der Waals surface area contributed by atoms with Gasteiger partial charge in [0, 0.05) is 55.2 Å². The lowest BCUT2D eigenvalue weighted by Gasteiger charge is -2.40. The molecule has 9 nitrogen and oxygen atoms in total. The van der Waals surface area contributed by atoms with Crippen molar-refractivity contribution in [1.29, 1.82) is 0 Å². The van der Waals surface area contributed by atoms with Crippen LogP contribution >= 0.6 is 22.9 Å². The molecular formula is C29H36ClF4N7O2S. The molecule has 0 unspecified atom stereocenters. The van der Waals surface area contributed by atoms with Crippen molar-refractivity contribution in [1.82, 2.24) is 24.8 Å². The number of likely N-dealkylation sites (tertiary alicyclic amines) is 1. The highest BCUT2D eigenvalue weighted by atomic mass is 35.5. The average Bonchev–Trinajstić information content (AvgIpc) is 3.54. The van der Waals surface area contributed by atoms with Gasteiger partial charge in [0.05, 0.1) is 22.7 Å². The molecule has 0 bridgehead atoms. The lowest BCUT2D eigenvalue weighted by Crippen LogP contribution is -2.52. The fourth-order valence-corrected chi connectivity index (χ4v) is 6.80. The quantitative estimate of drug-likeness (QED) is 0.242. The summed E-state index contributed by atoms with van der Waals surface area (Å²) in [7, 11) is 0. The minimum atomic E-state index is -4.63. The van der Waals surface area contributed by atoms with E-state index in [-0.39, 0.29) is 42.2 Å². The molecule has 44 heavy (non-hydrogen) atoms. The summed E-state index contributed by atoms with van der Waals surface area (Å²) >= 11 is 7.12. The second-order valence-corrected chi connectivity index (χ2v) is 12.4. The van der Waals surface area contributed by atoms with Gasteiger partial charge in [0.15, 0.2) is 16.8 Å². The average molecular weight is 658 g/mol. The minimum absolute atomic E-state index is 0. The number of carbonyl (C=O) groups is 1. The number of thiazole rings is 1. The van der Waals surface area contributed by atoms with E-state index in [0.29, 0.717) is 44.5 Å². The van der Waals surface area contributed by atoms with Crippen LogP contribution in [0.2, 0.25) is 5.02 Å². The van der Waals surface area contributed by atoms with E-state index in [1.54, 1.807) is 4.90 Å². The highest BCUT2D eigenvalue weighted by molar-refractivity contribution is 7.16. The van der Waals surface area contributed by atoms with Gasteiger partial charge in [-0.15, -0.1) is 0 Å². The van der Waals surface area contributed by atoms with Gasteiger partial charge in [-0.3, -0.25) is 14.6 Å². The largest absolute Gasteiger partial charge is 0.481 e. The number of hydrogen-bond acceptors (Lipinski definition) is 9. The fraction of sp³-hybridized carbons (Fsp3) is 0.517. The first-order chi connectivity index (χ1) is 20.4. The van der Waals surface area contributed by atoms with Crippen LogP contribution in [0.25, 0.3) is 11.3 Å². The molecule has 2 aliphatic heterocycles. The van der Waals surface area contributed by atoms with Crippen LogP contribution < -0.4 is 10.2 Å². The normalized spacial score (nSPS) is 19.7. The molecule has 3 aromatic rings. The number of carboxylic acid groups (broad SMARTS) is 1. The molecule has 0 saturated carbocycles. The molecule has 15 heteroatoms. The Hall–Kier alpha value is -3.07. The van der Waals surface area contributed by atoms with Crippen molar-refractivity contribution in [2.75, 3.05) is 42.9 Å². The smallest absolute Gasteiger partial charge is 0.417 e. The number of alkyl halides is 3. The molecule has 240 valence electrons. The van der Waals surface area contributed by atoms with Gasteiger partial charge >= 0.3 is 12.1 Å². The van der Waals surface area contributed by atoms with Crippen LogP contribution in [0.1, 0.15) is 51.0 Å². The Bertz CT molecular complexity index is 1470. The zero-order valence-electron chi connectivity index (χ0n) is 23.7. The zero-order valence-corrected chi connectivity index (χ0v) is 25.2. The van der Waals surface area contributed by atoms with Crippen molar-refractivity contribution in [3.63, 3.8) is 0 Å². The Morgan fingerprint density at radius 2 is 1.93 bits per heavy atom. The van der Waals surface area contributed by atoms with Crippen molar-refractivity contribution < 1.29 is 27.5 Å². The molecule has 2 N–H and O–H groups in total. The topological polar surface area (TPSA) is 97.7 Å². The third-order valence-electron chi connectivity index (χ3n) is 7.95. The maximum atomic E-state index is 15.8. The van der Waals surface area contributed by atoms with E-state index in [0.717, 1.165) is 30.3 Å². The van der Waals surface area contributed by atoms with Gasteiger partial charge in [-0.1, -0.05) is 36.4 Å². The number of anilines is 3. The van der Waals surface area contributed by atoms with Crippen LogP contribution in [0, 0.1) is 5.82 Å². The standard InChI is InChI=1S/C28H32ClF4N7O2S.CH4/c1-16-4-3-8-39(16)14-21-24(18-5-6-20(29)19(12-18)28(31,32)33)36-27(43-21)37-25-23(30)26(35-15-34-25)40-11-10-38(17(2)13-40)9-7-22(41)42;/h5-6,12,15-17H,3-4,7-11,13-14H2,1-2H3,(H,41,42)(H,34,35,36,37);1H4/t16-,17+;/m1./s1. The zero-order chi connectivity index (χ0) is 30.9. The third kappa shape index (κ3) is 7.59. The molecule has 2 aromatic heterocycles. The Morgan fingerprint density at radius 1 is 1.16 bits per heavy atom. The number of benzene rings is 1. The highest BCUT2D eigenvalue weighted by Gasteiger charge is 2.34. The van der Waals surface area contributed by atoms with Gasteiger partial charge in [0.25, 0.3) is 0 Å². The van der Waals surface area contributed by atoms with Crippen LogP contribution in [-0.2, 0) is 17.5 Å². The molecule has 5 rings (SSSR count). The van der Waals surface area contributed by atoms with Crippen molar-refractivity contribution in [2.45, 2.75) is 65.3 Å². The highest BCUT2D eigenvalue weighted by Crippen LogP contribution is 2.40. The van der Waals surface area contributed by atoms with Crippen LogP contribution in [0.15, 0.2) is 24.5 Å². The predicted molar refractivity (Wildman–Crippen MR) is 164 cm³/mol. The number of carboxylic acids is 1. The van der Waals surface area contributed by atoms with E-state index in [4.69, 9.17) is 16.7 Å². The molecular weight excluding hydrogens is 622 g/mol. The van der Waals surface area contributed by atoms with E-state index < -0.39 is 28.5 Å². The van der Waals surface area contributed by atoms with Crippen molar-refractivity contribution in [3.8, 4) is 11.3 Å². The molecule has 2 aliphatic rings. The first-order valence-corrected chi connectivity index (χ1v) is 15.2. The summed E-state index contributed by atoms with van der Waals surface area (Å²) in [5, 5.41) is 11.8. The number of halogens is 5. The maximum Gasteiger partial charge on any atom is 0.417 e. The second kappa shape index (κ2) is 13.9. The monoisotopic (exact) mass is 657 g/mol. The summed E-state index contributed by atoms with van der Waals surface area (Å²) in [6.07, 6.45) is -1.30. The molecule has 2 fully saturated rings. The Balaban J connectivity index is 0.00000442. The maximum absolute atomic E-state index is 15.8. The number of nitrogens with zero attached hydrogens (tertiary/aromatic N) is 6. The number of aromatic nitrogens is 3. The predicted octanol–water partition coefficient (Wildman–Crippen LogP) is 6.76. The van der Waals surface area contributed by atoms with Gasteiger partial charge < -0.3 is 15.3 Å². The Kier molecular flexibility index (Phi) is 10.7. The molecule has 0 aliphatic carbocycles. The number of hydrogen-bond donors (Lipinski definition) is 2. The molecule has 2 atom stereocenters. The van der Waals surface area contributed by atoms with E-state index in [1.165, 1.54) is 29.8 Å². The molecule has 0 amide bonds. The summed E-state index contributed by atoms with van der Waals surface area (Å²) < 4.78 is 56.7. The second-order valence-electron chi connectivity index (χ2n) is 10.9. The molecule has 2 saturated heterocycles. The van der Waals surface area contributed by atoms with Gasteiger partial charge in [0.1, 0.15) is 6.33 Å². The summed E-state index contributed by atoms with van der Waals surface area (Å²) in [5.41, 5.74) is -0.310. The van der Waals surface area contributed by atoms with Gasteiger partial charge in [-0.2, -0.15) is 17.6 Å². The van der Waals surface area contributed by atoms with E-state index in [9.17, 15) is 18.0 Å². The van der Waals surface area contributed by atoms with E-state index in [2.05, 4.69) is 32.1 Å². The van der Waals surface area contributed by atoms with Gasteiger partial charge in [-0.25, -0.2) is 15.0 Å². The van der Waals surface area contributed by atoms with E-state index >= 15 is 4.39 Å². The fourth-order valence-electron chi connectivity index (χ4n) is 5.57. The lowest BCUT2D eigenvalue weighted by atomic mass is 10.1. The molecule has 0 spiro atoms. The molecule has 0 radical (unpaired) electrons. The van der Waals surface area contributed by atoms with Crippen LogP contribution in [0.3, 0.4) is 0 Å². The summed E-state index contributed by atoms with van der Waals surface area (Å²) in [6, 6.07) is 4.02. The van der Waals surface area contributed by atoms with Crippen LogP contribution in [0.5, 0.6) is 0 Å². The first-order valence-electron chi connectivity index (χ1n) is 14.0. The number of nitrogens with one attached hydrogen (secondary N) is 1. The molecule has 4 heterocycles. The van der Waals surface area contributed by atoms with Gasteiger partial charge in [0.2, 0.25) is 5.82 Å². The molecule has 1 aromatic carbocycles. The van der Waals surface area contributed by atoms with Crippen molar-refractivity contribution in [3.05, 3.63) is 45.8 Å². The van der Waals surface area contributed by atoms with Crippen molar-refractivity contribution in [2.24, 2.45) is 0 Å². The summed E-state index contributed by atoms with van der Waals surface area (Å²) in [4.78, 5) is 30.7. The Labute approximate surface area is 262 Å². The van der Waals surface area contributed by atoms with E-state index in [1.807, 2.05) is 11.8 Å². The summed E-state index contributed by atoms with van der Waals surface area (Å²) in [6.45, 7) is 7.28. The summed E-state index contributed by atoms with van der Waals surface area (Å²) in [5.74, 6) is -1.53. The van der Waals surface area contributed by atoms with Gasteiger partial charge in [-0.05, 0) is 45.4 Å². The van der Waals surface area contributed by atoms with Crippen LogP contribution in [0.4, 0.5) is 34.3 Å². The Morgan fingerprint density at radius 3 is 2.59 bits per heavy atom. The first kappa shape index (κ1) is 33.8. The van der Waals surface area contributed by atoms with Crippen molar-refractivity contribution >= 4 is 45.7 Å². The SMILES string of the molecule is C.C[C@@H]1CCCN1Cc1sc(Nc2ncnc(N3CCN(CCC(=O)O)[C@@H](C)C3)c2F)nc1-c1ccc(Cl)c(C(F)(F)F)c1. The third-order valence-corrected chi connectivity index (χ3v) is 9.24. The lowest BCUT2D eigenvalue weighted by molar-refractivity contribution is -0.138. The number of piperazine rings is 1. The minimum Gasteiger partial charge on any atom is -0.481 e. The number of aliphatic carboxylic acids is 1. The van der Waals surface area contributed by atoms with Crippen LogP contribution in [-0.4, -0.2) is 80.6 Å². The number of rotatable bonds is 9.